The highest BCUT2D eigenvalue weighted by atomic mass is 15.6. The zero-order valence-electron chi connectivity index (χ0n) is 8.07. The van der Waals surface area contributed by atoms with Crippen LogP contribution in [0.5, 0.6) is 0 Å². The molecule has 2 aliphatic rings. The summed E-state index contributed by atoms with van der Waals surface area (Å²) in [6.07, 6.45) is 3.52. The zero-order chi connectivity index (χ0) is 10.3. The summed E-state index contributed by atoms with van der Waals surface area (Å²) >= 11 is 0. The molecule has 2 aliphatic heterocycles. The summed E-state index contributed by atoms with van der Waals surface area (Å²) in [5.41, 5.74) is 8.87. The summed E-state index contributed by atoms with van der Waals surface area (Å²) in [7, 11) is 0. The molecule has 1 atom stereocenters. The average Bonchev–Trinajstić information content (AvgIpc) is 2.43. The number of rotatable bonds is 0. The van der Waals surface area contributed by atoms with Gasteiger partial charge in [-0.25, -0.2) is 15.4 Å². The first kappa shape index (κ1) is 8.78. The Morgan fingerprint density at radius 3 is 3.07 bits per heavy atom. The molecule has 0 aliphatic carbocycles. The molecule has 1 unspecified atom stereocenters. The Hall–Kier alpha value is -1.80. The molecule has 0 aromatic rings. The highest BCUT2D eigenvalue weighted by Crippen LogP contribution is 2.25. The van der Waals surface area contributed by atoms with Crippen LogP contribution >= 0.6 is 0 Å². The van der Waals surface area contributed by atoms with Crippen molar-refractivity contribution in [1.29, 1.82) is 5.26 Å². The number of hydrogen-bond donors (Lipinski definition) is 2. The van der Waals surface area contributed by atoms with Crippen molar-refractivity contribution in [2.24, 2.45) is 10.7 Å². The molecule has 0 aromatic carbocycles. The van der Waals surface area contributed by atoms with Crippen molar-refractivity contribution < 1.29 is 0 Å². The van der Waals surface area contributed by atoms with Gasteiger partial charge in [0.2, 0.25) is 0 Å². The first-order valence-corrected chi connectivity index (χ1v) is 4.29. The van der Waals surface area contributed by atoms with Crippen LogP contribution in [0.25, 0.3) is 0 Å². The number of nitrogens with one attached hydrogen (secondary N) is 1. The largest absolute Gasteiger partial charge is 0.384 e. The predicted octanol–water partition coefficient (Wildman–Crippen LogP) is 0.205. The van der Waals surface area contributed by atoms with Crippen molar-refractivity contribution >= 4 is 5.71 Å². The van der Waals surface area contributed by atoms with Crippen LogP contribution in [0.1, 0.15) is 13.8 Å². The number of aliphatic imine (C=N–C) groups is 1. The van der Waals surface area contributed by atoms with Gasteiger partial charge in [-0.3, -0.25) is 0 Å². The molecule has 0 fully saturated rings. The van der Waals surface area contributed by atoms with Crippen molar-refractivity contribution in [2.75, 3.05) is 0 Å². The number of fused-ring (bicyclic) bond motifs is 1. The quantitative estimate of drug-likeness (QED) is 0.571. The third-order valence-electron chi connectivity index (χ3n) is 2.13. The summed E-state index contributed by atoms with van der Waals surface area (Å²) in [6, 6.07) is 2.15. The molecule has 3 N–H and O–H groups in total. The van der Waals surface area contributed by atoms with Crippen LogP contribution in [0.4, 0.5) is 0 Å². The Balaban J connectivity index is 2.43. The second-order valence-corrected chi connectivity index (χ2v) is 3.59. The Morgan fingerprint density at radius 2 is 2.43 bits per heavy atom. The third kappa shape index (κ3) is 1.17. The number of nitrogens with zero attached hydrogens (tertiary/aromatic N) is 3. The summed E-state index contributed by atoms with van der Waals surface area (Å²) in [6.45, 7) is 3.64. The highest BCUT2D eigenvalue weighted by Gasteiger charge is 2.35. The summed E-state index contributed by atoms with van der Waals surface area (Å²) in [5.74, 6) is 1.24. The minimum atomic E-state index is -0.720. The molecule has 0 radical (unpaired) electrons. The molecule has 0 bridgehead atoms. The van der Waals surface area contributed by atoms with E-state index in [0.29, 0.717) is 11.6 Å². The van der Waals surface area contributed by atoms with Gasteiger partial charge in [-0.15, -0.1) is 0 Å². The monoisotopic (exact) mass is 189 g/mol. The number of hydrogen-bond acceptors (Lipinski definition) is 5. The second kappa shape index (κ2) is 2.59. The minimum absolute atomic E-state index is 0.558. The number of hydrazine groups is 1. The van der Waals surface area contributed by atoms with E-state index in [2.05, 4.69) is 16.5 Å². The predicted molar refractivity (Wildman–Crippen MR) is 52.5 cm³/mol. The smallest absolute Gasteiger partial charge is 0.147 e. The van der Waals surface area contributed by atoms with Gasteiger partial charge in [-0.05, 0) is 19.9 Å². The second-order valence-electron chi connectivity index (χ2n) is 3.59. The lowest BCUT2D eigenvalue weighted by molar-refractivity contribution is 0.288. The minimum Gasteiger partial charge on any atom is -0.384 e. The molecular weight excluding hydrogens is 178 g/mol. The van der Waals surface area contributed by atoms with Crippen LogP contribution in [-0.4, -0.2) is 16.3 Å². The molecule has 0 amide bonds. The normalized spacial score (nSPS) is 30.1. The zero-order valence-corrected chi connectivity index (χ0v) is 8.07. The first-order valence-electron chi connectivity index (χ1n) is 4.29. The lowest BCUT2D eigenvalue weighted by Gasteiger charge is -2.25. The Kier molecular flexibility index (Phi) is 1.63. The summed E-state index contributed by atoms with van der Waals surface area (Å²) in [4.78, 5) is 4.27. The lowest BCUT2D eigenvalue weighted by atomic mass is 10.1. The van der Waals surface area contributed by atoms with Crippen molar-refractivity contribution in [3.63, 3.8) is 0 Å². The highest BCUT2D eigenvalue weighted by molar-refractivity contribution is 5.94. The SMILES string of the molecule is CC1=NC2=CC(C)(C#N)NN2C(N)=C1. The number of nitrogens with two attached hydrogens (primary N) is 1. The first-order chi connectivity index (χ1) is 6.54. The van der Waals surface area contributed by atoms with Crippen LogP contribution in [0.3, 0.4) is 0 Å². The standard InChI is InChI=1S/C9H11N5/c1-6-3-7(11)14-8(12-6)4-9(2,5-10)13-14/h3-4,13H,11H2,1-2H3. The Labute approximate surface area is 82.2 Å². The molecular formula is C9H11N5. The van der Waals surface area contributed by atoms with Gasteiger partial charge in [-0.1, -0.05) is 0 Å². The van der Waals surface area contributed by atoms with Crippen molar-refractivity contribution in [1.82, 2.24) is 10.4 Å². The van der Waals surface area contributed by atoms with E-state index in [4.69, 9.17) is 11.0 Å². The van der Waals surface area contributed by atoms with Gasteiger partial charge in [0.25, 0.3) is 0 Å². The van der Waals surface area contributed by atoms with E-state index in [-0.39, 0.29) is 0 Å². The van der Waals surface area contributed by atoms with Gasteiger partial charge >= 0.3 is 0 Å². The molecule has 5 nitrogen and oxygen atoms in total. The fraction of sp³-hybridized carbons (Fsp3) is 0.333. The van der Waals surface area contributed by atoms with Gasteiger partial charge in [0.15, 0.2) is 0 Å². The maximum absolute atomic E-state index is 8.93. The molecule has 14 heavy (non-hydrogen) atoms. The average molecular weight is 189 g/mol. The number of allylic oxidation sites excluding steroid dienone is 1. The van der Waals surface area contributed by atoms with Gasteiger partial charge < -0.3 is 5.73 Å². The van der Waals surface area contributed by atoms with Crippen LogP contribution in [0.2, 0.25) is 0 Å². The van der Waals surface area contributed by atoms with Gasteiger partial charge in [0, 0.05) is 11.8 Å². The van der Waals surface area contributed by atoms with Crippen LogP contribution in [0.15, 0.2) is 28.8 Å². The van der Waals surface area contributed by atoms with Crippen molar-refractivity contribution in [3.05, 3.63) is 23.8 Å². The van der Waals surface area contributed by atoms with Gasteiger partial charge in [0.1, 0.15) is 17.2 Å². The van der Waals surface area contributed by atoms with Crippen LogP contribution < -0.4 is 11.2 Å². The van der Waals surface area contributed by atoms with Crippen molar-refractivity contribution in [2.45, 2.75) is 19.4 Å². The third-order valence-corrected chi connectivity index (χ3v) is 2.13. The Bertz CT molecular complexity index is 411. The molecule has 2 heterocycles. The molecule has 0 saturated carbocycles. The topological polar surface area (TPSA) is 77.4 Å². The fourth-order valence-corrected chi connectivity index (χ4v) is 1.47. The van der Waals surface area contributed by atoms with E-state index in [1.165, 1.54) is 0 Å². The molecule has 5 heteroatoms. The van der Waals surface area contributed by atoms with E-state index in [9.17, 15) is 0 Å². The maximum atomic E-state index is 8.93. The number of nitriles is 1. The van der Waals surface area contributed by atoms with Gasteiger partial charge in [0.05, 0.1) is 6.07 Å². The summed E-state index contributed by atoms with van der Waals surface area (Å²) < 4.78 is 0. The molecule has 2 rings (SSSR count). The van der Waals surface area contributed by atoms with E-state index in [1.807, 2.05) is 6.92 Å². The molecule has 0 aromatic heterocycles. The van der Waals surface area contributed by atoms with E-state index >= 15 is 0 Å². The fourth-order valence-electron chi connectivity index (χ4n) is 1.47. The molecule has 72 valence electrons. The Morgan fingerprint density at radius 1 is 1.71 bits per heavy atom. The van der Waals surface area contributed by atoms with E-state index < -0.39 is 5.54 Å². The maximum Gasteiger partial charge on any atom is 0.147 e. The van der Waals surface area contributed by atoms with E-state index in [0.717, 1.165) is 5.71 Å². The van der Waals surface area contributed by atoms with Gasteiger partial charge in [-0.2, -0.15) is 5.26 Å². The summed E-state index contributed by atoms with van der Waals surface area (Å²) in [5, 5.41) is 10.6. The molecule has 0 saturated heterocycles. The molecule has 0 spiro atoms. The van der Waals surface area contributed by atoms with E-state index in [1.54, 1.807) is 24.1 Å². The van der Waals surface area contributed by atoms with Crippen LogP contribution in [0, 0.1) is 11.3 Å². The lowest BCUT2D eigenvalue weighted by Crippen LogP contribution is -2.45. The van der Waals surface area contributed by atoms with Crippen molar-refractivity contribution in [3.8, 4) is 6.07 Å². The van der Waals surface area contributed by atoms with Crippen LogP contribution in [-0.2, 0) is 0 Å².